The van der Waals surface area contributed by atoms with Gasteiger partial charge >= 0.3 is 5.97 Å². The molecule has 172 valence electrons. The maximum Gasteiger partial charge on any atom is 0.349 e. The van der Waals surface area contributed by atoms with E-state index in [2.05, 4.69) is 0 Å². The van der Waals surface area contributed by atoms with Gasteiger partial charge in [0.05, 0.1) is 11.6 Å². The second-order valence-electron chi connectivity index (χ2n) is 8.54. The van der Waals surface area contributed by atoms with E-state index < -0.39 is 24.0 Å². The lowest BCUT2D eigenvalue weighted by atomic mass is 9.80. The Labute approximate surface area is 197 Å². The van der Waals surface area contributed by atoms with Crippen molar-refractivity contribution in [3.8, 4) is 0 Å². The Morgan fingerprint density at radius 3 is 2.24 bits per heavy atom. The second-order valence-corrected chi connectivity index (χ2v) is 8.98. The highest BCUT2D eigenvalue weighted by molar-refractivity contribution is 6.30. The Kier molecular flexibility index (Phi) is 6.84. The number of carboxylic acids is 1. The summed E-state index contributed by atoms with van der Waals surface area (Å²) >= 11 is 6.06. The van der Waals surface area contributed by atoms with Crippen molar-refractivity contribution >= 4 is 34.9 Å². The SMILES string of the molecule is CC(=O)C1=C(O[C@@H](C(=O)O)c2ccccc2)C(=O)N(c2ccc(Cl)cc2)C1C1CCCCC1. The van der Waals surface area contributed by atoms with E-state index in [4.69, 9.17) is 16.3 Å². The molecule has 4 rings (SSSR count). The van der Waals surface area contributed by atoms with Gasteiger partial charge in [0.15, 0.2) is 11.5 Å². The molecule has 1 aliphatic heterocycles. The first-order valence-electron chi connectivity index (χ1n) is 11.2. The minimum atomic E-state index is -1.41. The lowest BCUT2D eigenvalue weighted by Crippen LogP contribution is -2.42. The molecule has 1 fully saturated rings. The quantitative estimate of drug-likeness (QED) is 0.595. The van der Waals surface area contributed by atoms with Gasteiger partial charge in [0.1, 0.15) is 0 Å². The molecule has 0 bridgehead atoms. The van der Waals surface area contributed by atoms with Gasteiger partial charge in [-0.3, -0.25) is 14.5 Å². The zero-order valence-corrected chi connectivity index (χ0v) is 19.1. The van der Waals surface area contributed by atoms with Crippen molar-refractivity contribution in [3.63, 3.8) is 0 Å². The number of hydrogen-bond acceptors (Lipinski definition) is 4. The number of benzene rings is 2. The van der Waals surface area contributed by atoms with Gasteiger partial charge < -0.3 is 9.84 Å². The monoisotopic (exact) mass is 467 g/mol. The largest absolute Gasteiger partial charge is 0.478 e. The molecule has 1 aliphatic carbocycles. The summed E-state index contributed by atoms with van der Waals surface area (Å²) in [6, 6.07) is 14.8. The van der Waals surface area contributed by atoms with Crippen LogP contribution in [0.2, 0.25) is 5.02 Å². The Morgan fingerprint density at radius 1 is 1.03 bits per heavy atom. The van der Waals surface area contributed by atoms with Gasteiger partial charge in [-0.05, 0) is 49.9 Å². The topological polar surface area (TPSA) is 83.9 Å². The van der Waals surface area contributed by atoms with E-state index in [1.165, 1.54) is 6.92 Å². The molecule has 0 radical (unpaired) electrons. The Bertz CT molecular complexity index is 1070. The first-order valence-corrected chi connectivity index (χ1v) is 11.5. The smallest absolute Gasteiger partial charge is 0.349 e. The molecule has 2 aromatic rings. The van der Waals surface area contributed by atoms with Crippen molar-refractivity contribution in [2.75, 3.05) is 4.90 Å². The predicted molar refractivity (Wildman–Crippen MR) is 125 cm³/mol. The first kappa shape index (κ1) is 23.1. The second kappa shape index (κ2) is 9.79. The van der Waals surface area contributed by atoms with Crippen LogP contribution >= 0.6 is 11.6 Å². The fourth-order valence-corrected chi connectivity index (χ4v) is 5.01. The molecule has 1 unspecified atom stereocenters. The number of carbonyl (C=O) groups excluding carboxylic acids is 2. The lowest BCUT2D eigenvalue weighted by molar-refractivity contribution is -0.149. The highest BCUT2D eigenvalue weighted by atomic mass is 35.5. The van der Waals surface area contributed by atoms with Crippen LogP contribution in [-0.4, -0.2) is 28.8 Å². The zero-order valence-electron chi connectivity index (χ0n) is 18.4. The molecule has 1 saturated carbocycles. The molecule has 1 amide bonds. The van der Waals surface area contributed by atoms with E-state index in [1.807, 2.05) is 0 Å². The van der Waals surface area contributed by atoms with Gasteiger partial charge in [0.25, 0.3) is 5.91 Å². The molecule has 2 atom stereocenters. The Morgan fingerprint density at radius 2 is 1.67 bits per heavy atom. The summed E-state index contributed by atoms with van der Waals surface area (Å²) in [5, 5.41) is 10.4. The Balaban J connectivity index is 1.81. The summed E-state index contributed by atoms with van der Waals surface area (Å²) < 4.78 is 5.88. The van der Waals surface area contributed by atoms with E-state index >= 15 is 0 Å². The van der Waals surface area contributed by atoms with Gasteiger partial charge in [-0.2, -0.15) is 0 Å². The highest BCUT2D eigenvalue weighted by Gasteiger charge is 2.48. The average Bonchev–Trinajstić information content (AvgIpc) is 3.11. The summed E-state index contributed by atoms with van der Waals surface area (Å²) in [6.07, 6.45) is 3.52. The minimum absolute atomic E-state index is 0.0818. The number of aliphatic carboxylic acids is 1. The number of ketones is 1. The number of carbonyl (C=O) groups is 3. The van der Waals surface area contributed by atoms with Crippen LogP contribution in [0.3, 0.4) is 0 Å². The summed E-state index contributed by atoms with van der Waals surface area (Å²) in [6.45, 7) is 1.41. The molecule has 0 spiro atoms. The number of nitrogens with zero attached hydrogens (tertiary/aromatic N) is 1. The number of Topliss-reactive ketones (excluding diaryl/α,β-unsaturated/α-hetero) is 1. The number of anilines is 1. The van der Waals surface area contributed by atoms with E-state index in [0.29, 0.717) is 16.3 Å². The maximum absolute atomic E-state index is 13.7. The maximum atomic E-state index is 13.7. The van der Waals surface area contributed by atoms with Crippen LogP contribution < -0.4 is 4.90 Å². The molecule has 0 saturated heterocycles. The number of halogens is 1. The molecule has 33 heavy (non-hydrogen) atoms. The van der Waals surface area contributed by atoms with Crippen LogP contribution in [-0.2, 0) is 19.1 Å². The summed E-state index contributed by atoms with van der Waals surface area (Å²) in [4.78, 5) is 40.3. The van der Waals surface area contributed by atoms with Gasteiger partial charge in [-0.1, -0.05) is 61.2 Å². The third-order valence-corrected chi connectivity index (χ3v) is 6.63. The number of rotatable bonds is 7. The first-order chi connectivity index (χ1) is 15.9. The van der Waals surface area contributed by atoms with Gasteiger partial charge in [0.2, 0.25) is 6.10 Å². The van der Waals surface area contributed by atoms with Crippen molar-refractivity contribution in [2.45, 2.75) is 51.2 Å². The third-order valence-electron chi connectivity index (χ3n) is 6.37. The highest BCUT2D eigenvalue weighted by Crippen LogP contribution is 2.42. The molecule has 2 aliphatic rings. The van der Waals surface area contributed by atoms with Gasteiger partial charge in [0, 0.05) is 16.3 Å². The number of amides is 1. The molecule has 7 heteroatoms. The molecule has 1 N–H and O–H groups in total. The number of carboxylic acid groups (broad SMARTS) is 1. The van der Waals surface area contributed by atoms with Crippen LogP contribution in [0.1, 0.15) is 50.7 Å². The molecule has 2 aromatic carbocycles. The van der Waals surface area contributed by atoms with Crippen LogP contribution in [0.25, 0.3) is 0 Å². The van der Waals surface area contributed by atoms with Crippen molar-refractivity contribution < 1.29 is 24.2 Å². The van der Waals surface area contributed by atoms with E-state index in [9.17, 15) is 19.5 Å². The third kappa shape index (κ3) is 4.67. The molecular weight excluding hydrogens is 442 g/mol. The summed E-state index contributed by atoms with van der Waals surface area (Å²) in [5.74, 6) is -2.12. The van der Waals surface area contributed by atoms with Crippen LogP contribution in [0.5, 0.6) is 0 Å². The average molecular weight is 468 g/mol. The van der Waals surface area contributed by atoms with E-state index in [-0.39, 0.29) is 23.0 Å². The van der Waals surface area contributed by atoms with Crippen LogP contribution in [0, 0.1) is 5.92 Å². The summed E-state index contributed by atoms with van der Waals surface area (Å²) in [5.41, 5.74) is 1.25. The Hall–Kier alpha value is -3.12. The number of ether oxygens (including phenoxy) is 1. The fourth-order valence-electron chi connectivity index (χ4n) is 4.88. The normalized spacial score (nSPS) is 20.1. The molecular formula is C26H26ClNO5. The lowest BCUT2D eigenvalue weighted by Gasteiger charge is -2.35. The standard InChI is InChI=1S/C26H26ClNO5/c1-16(29)21-22(17-8-4-2-5-9-17)28(20-14-12-19(27)13-15-20)25(30)24(21)33-23(26(31)32)18-10-6-3-7-11-18/h3,6-7,10-15,17,22-23H,2,4-5,8-9H2,1H3,(H,31,32)/t22?,23-/m1/s1. The van der Waals surface area contributed by atoms with Crippen molar-refractivity contribution in [1.29, 1.82) is 0 Å². The summed E-state index contributed by atoms with van der Waals surface area (Å²) in [7, 11) is 0. The van der Waals surface area contributed by atoms with Crippen LogP contribution in [0.4, 0.5) is 5.69 Å². The minimum Gasteiger partial charge on any atom is -0.478 e. The fraction of sp³-hybridized carbons (Fsp3) is 0.346. The zero-order chi connectivity index (χ0) is 23.5. The van der Waals surface area contributed by atoms with Crippen molar-refractivity contribution in [2.24, 2.45) is 5.92 Å². The van der Waals surface area contributed by atoms with E-state index in [1.54, 1.807) is 59.5 Å². The van der Waals surface area contributed by atoms with Crippen molar-refractivity contribution in [1.82, 2.24) is 0 Å². The molecule has 0 aromatic heterocycles. The van der Waals surface area contributed by atoms with E-state index in [0.717, 1.165) is 32.1 Å². The van der Waals surface area contributed by atoms with Crippen molar-refractivity contribution in [3.05, 3.63) is 76.5 Å². The van der Waals surface area contributed by atoms with Gasteiger partial charge in [-0.15, -0.1) is 0 Å². The number of hydrogen-bond donors (Lipinski definition) is 1. The van der Waals surface area contributed by atoms with Gasteiger partial charge in [-0.25, -0.2) is 4.79 Å². The molecule has 1 heterocycles. The predicted octanol–water partition coefficient (Wildman–Crippen LogP) is 5.32. The molecule has 6 nitrogen and oxygen atoms in total. The van der Waals surface area contributed by atoms with Crippen LogP contribution in [0.15, 0.2) is 65.9 Å².